The van der Waals surface area contributed by atoms with Crippen LogP contribution >= 0.6 is 23.8 Å². The Morgan fingerprint density at radius 2 is 1.37 bits per heavy atom. The van der Waals surface area contributed by atoms with E-state index in [1.807, 2.05) is 12.1 Å². The zero-order valence-corrected chi connectivity index (χ0v) is 22.2. The lowest BCUT2D eigenvalue weighted by Crippen LogP contribution is -2.48. The van der Waals surface area contributed by atoms with E-state index in [4.69, 9.17) is 23.8 Å². The molecule has 0 saturated carbocycles. The maximum absolute atomic E-state index is 12.5. The number of hydrazine groups is 1. The molecule has 3 rings (SSSR count). The third-order valence-corrected chi connectivity index (χ3v) is 5.86. The number of benzene rings is 3. The van der Waals surface area contributed by atoms with Crippen LogP contribution in [0.25, 0.3) is 0 Å². The first-order valence-electron chi connectivity index (χ1n) is 11.2. The number of amides is 3. The Balaban J connectivity index is 1.52. The van der Waals surface area contributed by atoms with Gasteiger partial charge in [-0.25, -0.2) is 0 Å². The number of rotatable bonds is 5. The van der Waals surface area contributed by atoms with E-state index in [9.17, 15) is 24.5 Å². The minimum absolute atomic E-state index is 0.0184. The molecule has 12 heteroatoms. The number of nitro groups is 1. The van der Waals surface area contributed by atoms with Gasteiger partial charge in [-0.1, -0.05) is 44.5 Å². The molecule has 10 nitrogen and oxygen atoms in total. The average molecular weight is 554 g/mol. The first-order chi connectivity index (χ1) is 17.8. The van der Waals surface area contributed by atoms with Crippen molar-refractivity contribution in [3.63, 3.8) is 0 Å². The number of carbonyl (C=O) groups excluding carboxylic acids is 3. The van der Waals surface area contributed by atoms with Gasteiger partial charge in [0.2, 0.25) is 0 Å². The fraction of sp³-hybridized carbons (Fsp3) is 0.154. The molecule has 0 aliphatic rings. The number of nitrogens with zero attached hydrogens (tertiary/aromatic N) is 1. The van der Waals surface area contributed by atoms with Crippen LogP contribution in [0, 0.1) is 10.1 Å². The van der Waals surface area contributed by atoms with Gasteiger partial charge in [0.05, 0.1) is 4.92 Å². The van der Waals surface area contributed by atoms with Gasteiger partial charge in [0.15, 0.2) is 5.11 Å². The summed E-state index contributed by atoms with van der Waals surface area (Å²) in [5.41, 5.74) is 6.61. The number of halogens is 1. The third-order valence-electron chi connectivity index (χ3n) is 5.34. The van der Waals surface area contributed by atoms with E-state index in [2.05, 4.69) is 42.3 Å². The van der Waals surface area contributed by atoms with Crippen molar-refractivity contribution in [2.24, 2.45) is 0 Å². The molecule has 0 heterocycles. The van der Waals surface area contributed by atoms with Crippen molar-refractivity contribution in [1.82, 2.24) is 16.2 Å². The Kier molecular flexibility index (Phi) is 8.76. The molecule has 0 aromatic heterocycles. The van der Waals surface area contributed by atoms with Gasteiger partial charge < -0.3 is 5.32 Å². The van der Waals surface area contributed by atoms with Crippen molar-refractivity contribution in [1.29, 1.82) is 0 Å². The highest BCUT2D eigenvalue weighted by atomic mass is 35.5. The molecule has 0 saturated heterocycles. The molecular weight excluding hydrogens is 530 g/mol. The van der Waals surface area contributed by atoms with Crippen molar-refractivity contribution >= 4 is 58.0 Å². The number of thiocarbonyl (C=S) groups is 1. The van der Waals surface area contributed by atoms with Crippen LogP contribution in [-0.4, -0.2) is 27.8 Å². The van der Waals surface area contributed by atoms with Gasteiger partial charge in [-0.15, -0.1) is 0 Å². The van der Waals surface area contributed by atoms with Crippen molar-refractivity contribution in [2.75, 3.05) is 5.32 Å². The fourth-order valence-corrected chi connectivity index (χ4v) is 3.55. The maximum atomic E-state index is 12.5. The molecule has 196 valence electrons. The zero-order chi connectivity index (χ0) is 28.0. The summed E-state index contributed by atoms with van der Waals surface area (Å²) in [7, 11) is 0. The topological polar surface area (TPSA) is 142 Å². The van der Waals surface area contributed by atoms with Crippen LogP contribution in [0.1, 0.15) is 57.4 Å². The number of anilines is 1. The monoisotopic (exact) mass is 553 g/mol. The number of hydrogen-bond donors (Lipinski definition) is 4. The quantitative estimate of drug-likeness (QED) is 0.203. The number of hydrogen-bond acceptors (Lipinski definition) is 6. The standard InChI is InChI=1S/C26H24ClN5O5S/c1-26(2,3)18-9-4-15(5-10-18)22(33)28-19-11-6-16(7-12-19)24(35)30-31-25(38)29-23(34)17-8-13-20(27)21(14-17)32(36)37/h4-14H,1-3H3,(H,28,33)(H,30,35)(H2,29,31,34,38). The molecule has 0 bridgehead atoms. The fourth-order valence-electron chi connectivity index (χ4n) is 3.22. The molecular formula is C26H24ClN5O5S. The number of nitrogens with one attached hydrogen (secondary N) is 4. The van der Waals surface area contributed by atoms with Gasteiger partial charge >= 0.3 is 0 Å². The molecule has 3 amide bonds. The second-order valence-electron chi connectivity index (χ2n) is 9.14. The van der Waals surface area contributed by atoms with E-state index >= 15 is 0 Å². The summed E-state index contributed by atoms with van der Waals surface area (Å²) in [5, 5.41) is 15.7. The molecule has 0 aliphatic carbocycles. The summed E-state index contributed by atoms with van der Waals surface area (Å²) >= 11 is 10.7. The summed E-state index contributed by atoms with van der Waals surface area (Å²) in [5.74, 6) is -1.57. The van der Waals surface area contributed by atoms with E-state index in [-0.39, 0.29) is 32.6 Å². The highest BCUT2D eigenvalue weighted by Crippen LogP contribution is 2.25. The van der Waals surface area contributed by atoms with Gasteiger partial charge in [-0.3, -0.25) is 40.7 Å². The van der Waals surface area contributed by atoms with Crippen LogP contribution in [0.4, 0.5) is 11.4 Å². The molecule has 38 heavy (non-hydrogen) atoms. The molecule has 0 atom stereocenters. The van der Waals surface area contributed by atoms with Gasteiger partial charge in [0.25, 0.3) is 23.4 Å². The minimum atomic E-state index is -0.732. The Morgan fingerprint density at radius 3 is 1.95 bits per heavy atom. The summed E-state index contributed by atoms with van der Waals surface area (Å²) < 4.78 is 0. The van der Waals surface area contributed by atoms with E-state index in [0.29, 0.717) is 11.3 Å². The van der Waals surface area contributed by atoms with Crippen LogP contribution in [0.5, 0.6) is 0 Å². The second-order valence-corrected chi connectivity index (χ2v) is 9.96. The van der Waals surface area contributed by atoms with Crippen LogP contribution < -0.4 is 21.5 Å². The molecule has 3 aromatic rings. The first kappa shape index (κ1) is 28.2. The largest absolute Gasteiger partial charge is 0.322 e. The van der Waals surface area contributed by atoms with Crippen LogP contribution in [0.15, 0.2) is 66.7 Å². The van der Waals surface area contributed by atoms with Crippen LogP contribution in [0.3, 0.4) is 0 Å². The molecule has 0 aliphatic heterocycles. The van der Waals surface area contributed by atoms with E-state index in [1.54, 1.807) is 24.3 Å². The number of nitro benzene ring substituents is 1. The van der Waals surface area contributed by atoms with Crippen LogP contribution in [0.2, 0.25) is 5.02 Å². The molecule has 4 N–H and O–H groups in total. The summed E-state index contributed by atoms with van der Waals surface area (Å²) in [6, 6.07) is 17.1. The lowest BCUT2D eigenvalue weighted by Gasteiger charge is -2.19. The summed E-state index contributed by atoms with van der Waals surface area (Å²) in [4.78, 5) is 47.5. The van der Waals surface area contributed by atoms with E-state index in [1.165, 1.54) is 24.3 Å². The number of carbonyl (C=O) groups is 3. The molecule has 0 unspecified atom stereocenters. The molecule has 0 radical (unpaired) electrons. The average Bonchev–Trinajstić information content (AvgIpc) is 2.87. The Morgan fingerprint density at radius 1 is 0.816 bits per heavy atom. The van der Waals surface area contributed by atoms with Gasteiger partial charge in [-0.2, -0.15) is 0 Å². The predicted octanol–water partition coefficient (Wildman–Crippen LogP) is 4.75. The Hall–Kier alpha value is -4.35. The summed E-state index contributed by atoms with van der Waals surface area (Å²) in [6.45, 7) is 6.28. The minimum Gasteiger partial charge on any atom is -0.322 e. The smallest absolute Gasteiger partial charge is 0.288 e. The van der Waals surface area contributed by atoms with Gasteiger partial charge in [0, 0.05) is 28.4 Å². The van der Waals surface area contributed by atoms with Crippen molar-refractivity contribution < 1.29 is 19.3 Å². The first-order valence-corrected chi connectivity index (χ1v) is 12.0. The SMILES string of the molecule is CC(C)(C)c1ccc(C(=O)Nc2ccc(C(=O)NNC(=S)NC(=O)c3ccc(Cl)c([N+](=O)[O-])c3)cc2)cc1. The molecule has 0 fully saturated rings. The highest BCUT2D eigenvalue weighted by Gasteiger charge is 2.18. The van der Waals surface area contributed by atoms with Gasteiger partial charge in [-0.05, 0) is 71.7 Å². The maximum Gasteiger partial charge on any atom is 0.288 e. The highest BCUT2D eigenvalue weighted by molar-refractivity contribution is 7.80. The lowest BCUT2D eigenvalue weighted by molar-refractivity contribution is -0.384. The molecule has 0 spiro atoms. The lowest BCUT2D eigenvalue weighted by atomic mass is 9.87. The van der Waals surface area contributed by atoms with E-state index in [0.717, 1.165) is 11.6 Å². The molecule has 3 aromatic carbocycles. The van der Waals surface area contributed by atoms with E-state index < -0.39 is 22.4 Å². The van der Waals surface area contributed by atoms with Crippen molar-refractivity contribution in [2.45, 2.75) is 26.2 Å². The Labute approximate surface area is 228 Å². The van der Waals surface area contributed by atoms with Crippen molar-refractivity contribution in [3.8, 4) is 0 Å². The van der Waals surface area contributed by atoms with Crippen LogP contribution in [-0.2, 0) is 5.41 Å². The van der Waals surface area contributed by atoms with Crippen molar-refractivity contribution in [3.05, 3.63) is 104 Å². The normalized spacial score (nSPS) is 10.7. The zero-order valence-electron chi connectivity index (χ0n) is 20.6. The predicted molar refractivity (Wildman–Crippen MR) is 148 cm³/mol. The Bertz CT molecular complexity index is 1400. The summed E-state index contributed by atoms with van der Waals surface area (Å²) in [6.07, 6.45) is 0. The van der Waals surface area contributed by atoms with Gasteiger partial charge in [0.1, 0.15) is 5.02 Å². The second kappa shape index (κ2) is 11.8. The third kappa shape index (κ3) is 7.34.